The predicted octanol–water partition coefficient (Wildman–Crippen LogP) is 4.90. The van der Waals surface area contributed by atoms with Gasteiger partial charge in [0.1, 0.15) is 0 Å². The Bertz CT molecular complexity index is 1010. The van der Waals surface area contributed by atoms with Gasteiger partial charge in [0.05, 0.1) is 12.0 Å². The molecule has 148 valence electrons. The van der Waals surface area contributed by atoms with Gasteiger partial charge in [-0.2, -0.15) is 10.2 Å². The number of aromatic nitrogens is 2. The average molecular weight is 409 g/mol. The summed E-state index contributed by atoms with van der Waals surface area (Å²) in [6.07, 6.45) is 2.29. The van der Waals surface area contributed by atoms with E-state index in [1.807, 2.05) is 37.3 Å². The van der Waals surface area contributed by atoms with Crippen LogP contribution in [0.25, 0.3) is 0 Å². The lowest BCUT2D eigenvalue weighted by Gasteiger charge is -2.13. The van der Waals surface area contributed by atoms with E-state index in [4.69, 9.17) is 16.1 Å². The first-order valence-corrected chi connectivity index (χ1v) is 9.83. The van der Waals surface area contributed by atoms with Gasteiger partial charge in [-0.1, -0.05) is 60.1 Å². The molecule has 0 bridgehead atoms. The van der Waals surface area contributed by atoms with Crippen LogP contribution in [0.15, 0.2) is 53.1 Å². The normalized spacial score (nSPS) is 11.6. The standard InChI is InChI=1S/C22H21ClN4O2/c1-2-6-20-26-22(29-27-20)12-11-21(28)25-16-9-10-17(19(23)13-16)18(14-24)15-7-4-3-5-8-15/h3-5,7-10,13,18H,2,6,11-12H2,1H3,(H,25,28)/t18-/m0/s1. The quantitative estimate of drug-likeness (QED) is 0.572. The minimum atomic E-state index is -0.469. The van der Waals surface area contributed by atoms with Crippen molar-refractivity contribution in [2.24, 2.45) is 0 Å². The van der Waals surface area contributed by atoms with Crippen molar-refractivity contribution in [1.29, 1.82) is 5.26 Å². The van der Waals surface area contributed by atoms with Gasteiger partial charge in [-0.25, -0.2) is 0 Å². The SMILES string of the molecule is CCCc1noc(CCC(=O)Nc2ccc([C@@H](C#N)c3ccccc3)c(Cl)c2)n1. The molecule has 1 atom stereocenters. The first-order valence-electron chi connectivity index (χ1n) is 9.46. The number of aryl methyl sites for hydroxylation is 2. The number of anilines is 1. The highest BCUT2D eigenvalue weighted by molar-refractivity contribution is 6.31. The number of rotatable bonds is 8. The van der Waals surface area contributed by atoms with Crippen molar-refractivity contribution in [1.82, 2.24) is 10.1 Å². The molecule has 0 spiro atoms. The zero-order valence-corrected chi connectivity index (χ0v) is 16.8. The second-order valence-electron chi connectivity index (χ2n) is 6.61. The molecule has 7 heteroatoms. The number of carbonyl (C=O) groups excluding carboxylic acids is 1. The molecular weight excluding hydrogens is 388 g/mol. The molecule has 1 heterocycles. The lowest BCUT2D eigenvalue weighted by molar-refractivity contribution is -0.116. The number of halogens is 1. The molecule has 29 heavy (non-hydrogen) atoms. The molecule has 3 aromatic rings. The molecular formula is C22H21ClN4O2. The van der Waals surface area contributed by atoms with E-state index in [-0.39, 0.29) is 12.3 Å². The van der Waals surface area contributed by atoms with Gasteiger partial charge in [-0.05, 0) is 29.7 Å². The minimum Gasteiger partial charge on any atom is -0.339 e. The van der Waals surface area contributed by atoms with Gasteiger partial charge >= 0.3 is 0 Å². The van der Waals surface area contributed by atoms with Crippen LogP contribution in [0.4, 0.5) is 5.69 Å². The predicted molar refractivity (Wildman–Crippen MR) is 111 cm³/mol. The van der Waals surface area contributed by atoms with Crippen LogP contribution in [0.2, 0.25) is 5.02 Å². The van der Waals surface area contributed by atoms with Crippen molar-refractivity contribution in [2.75, 3.05) is 5.32 Å². The lowest BCUT2D eigenvalue weighted by atomic mass is 9.92. The van der Waals surface area contributed by atoms with Crippen LogP contribution >= 0.6 is 11.6 Å². The zero-order chi connectivity index (χ0) is 20.6. The molecule has 0 aliphatic rings. The third-order valence-electron chi connectivity index (χ3n) is 4.41. The largest absolute Gasteiger partial charge is 0.339 e. The molecule has 0 aliphatic heterocycles. The molecule has 2 aromatic carbocycles. The summed E-state index contributed by atoms with van der Waals surface area (Å²) in [5.74, 6) is 0.472. The van der Waals surface area contributed by atoms with Crippen molar-refractivity contribution < 1.29 is 9.32 Å². The molecule has 0 radical (unpaired) electrons. The van der Waals surface area contributed by atoms with E-state index in [2.05, 4.69) is 21.5 Å². The average Bonchev–Trinajstić information content (AvgIpc) is 3.17. The molecule has 1 amide bonds. The van der Waals surface area contributed by atoms with Crippen LogP contribution in [-0.4, -0.2) is 16.0 Å². The Balaban J connectivity index is 1.62. The third kappa shape index (κ3) is 5.43. The number of benzene rings is 2. The molecule has 0 fully saturated rings. The Labute approximate surface area is 174 Å². The monoisotopic (exact) mass is 408 g/mol. The number of hydrogen-bond acceptors (Lipinski definition) is 5. The van der Waals surface area contributed by atoms with E-state index in [0.717, 1.165) is 18.4 Å². The Kier molecular flexibility index (Phi) is 6.99. The molecule has 1 N–H and O–H groups in total. The van der Waals surface area contributed by atoms with Crippen LogP contribution in [0.1, 0.15) is 48.5 Å². The van der Waals surface area contributed by atoms with Crippen LogP contribution in [0, 0.1) is 11.3 Å². The van der Waals surface area contributed by atoms with E-state index in [1.165, 1.54) is 0 Å². The van der Waals surface area contributed by atoms with Gasteiger partial charge in [-0.15, -0.1) is 0 Å². The third-order valence-corrected chi connectivity index (χ3v) is 4.73. The fourth-order valence-corrected chi connectivity index (χ4v) is 3.26. The summed E-state index contributed by atoms with van der Waals surface area (Å²) in [5.41, 5.74) is 2.15. The maximum Gasteiger partial charge on any atom is 0.227 e. The maximum absolute atomic E-state index is 12.2. The van der Waals surface area contributed by atoms with Crippen molar-refractivity contribution >= 4 is 23.2 Å². The highest BCUT2D eigenvalue weighted by atomic mass is 35.5. The van der Waals surface area contributed by atoms with Gasteiger partial charge in [0, 0.05) is 30.0 Å². The van der Waals surface area contributed by atoms with Crippen molar-refractivity contribution in [2.45, 2.75) is 38.5 Å². The van der Waals surface area contributed by atoms with Gasteiger partial charge < -0.3 is 9.84 Å². The van der Waals surface area contributed by atoms with Crippen LogP contribution in [-0.2, 0) is 17.6 Å². The van der Waals surface area contributed by atoms with Gasteiger partial charge in [0.2, 0.25) is 11.8 Å². The highest BCUT2D eigenvalue weighted by Crippen LogP contribution is 2.31. The molecule has 0 saturated carbocycles. The van der Waals surface area contributed by atoms with Gasteiger partial charge in [0.15, 0.2) is 5.82 Å². The fraction of sp³-hybridized carbons (Fsp3) is 0.273. The molecule has 3 rings (SSSR count). The van der Waals surface area contributed by atoms with E-state index in [9.17, 15) is 10.1 Å². The van der Waals surface area contributed by atoms with Crippen LogP contribution in [0.5, 0.6) is 0 Å². The summed E-state index contributed by atoms with van der Waals surface area (Å²) in [4.78, 5) is 16.5. The molecule has 6 nitrogen and oxygen atoms in total. The summed E-state index contributed by atoms with van der Waals surface area (Å²) in [6, 6.07) is 16.9. The number of hydrogen-bond donors (Lipinski definition) is 1. The van der Waals surface area contributed by atoms with Gasteiger partial charge in [-0.3, -0.25) is 4.79 Å². The zero-order valence-electron chi connectivity index (χ0n) is 16.1. The van der Waals surface area contributed by atoms with E-state index in [0.29, 0.717) is 34.4 Å². The minimum absolute atomic E-state index is 0.177. The second kappa shape index (κ2) is 9.85. The second-order valence-corrected chi connectivity index (χ2v) is 7.02. The number of nitriles is 1. The van der Waals surface area contributed by atoms with Crippen LogP contribution in [0.3, 0.4) is 0 Å². The van der Waals surface area contributed by atoms with Gasteiger partial charge in [0.25, 0.3) is 0 Å². The summed E-state index contributed by atoms with van der Waals surface area (Å²) in [6.45, 7) is 2.04. The maximum atomic E-state index is 12.2. The van der Waals surface area contributed by atoms with Crippen molar-refractivity contribution in [3.05, 3.63) is 76.4 Å². The first-order chi connectivity index (χ1) is 14.1. The van der Waals surface area contributed by atoms with E-state index in [1.54, 1.807) is 18.2 Å². The Hall–Kier alpha value is -3.17. The Morgan fingerprint density at radius 2 is 2.03 bits per heavy atom. The van der Waals surface area contributed by atoms with Crippen molar-refractivity contribution in [3.8, 4) is 6.07 Å². The Morgan fingerprint density at radius 3 is 2.72 bits per heavy atom. The van der Waals surface area contributed by atoms with E-state index >= 15 is 0 Å². The van der Waals surface area contributed by atoms with Crippen LogP contribution < -0.4 is 5.32 Å². The Morgan fingerprint density at radius 1 is 1.24 bits per heavy atom. The molecule has 1 aromatic heterocycles. The number of carbonyl (C=O) groups is 1. The number of amides is 1. The summed E-state index contributed by atoms with van der Waals surface area (Å²) < 4.78 is 5.14. The lowest BCUT2D eigenvalue weighted by Crippen LogP contribution is -2.12. The molecule has 0 saturated heterocycles. The van der Waals surface area contributed by atoms with Crippen molar-refractivity contribution in [3.63, 3.8) is 0 Å². The first kappa shape index (κ1) is 20.6. The fourth-order valence-electron chi connectivity index (χ4n) is 2.97. The molecule has 0 aliphatic carbocycles. The highest BCUT2D eigenvalue weighted by Gasteiger charge is 2.17. The number of nitrogens with zero attached hydrogens (tertiary/aromatic N) is 3. The summed E-state index contributed by atoms with van der Waals surface area (Å²) >= 11 is 6.41. The van der Waals surface area contributed by atoms with E-state index < -0.39 is 5.92 Å². The summed E-state index contributed by atoms with van der Waals surface area (Å²) in [5, 5.41) is 16.7. The smallest absolute Gasteiger partial charge is 0.227 e. The molecule has 0 unspecified atom stereocenters. The topological polar surface area (TPSA) is 91.8 Å². The number of nitrogens with one attached hydrogen (secondary N) is 1. The summed E-state index contributed by atoms with van der Waals surface area (Å²) in [7, 11) is 0.